The molecule has 0 bridgehead atoms. The summed E-state index contributed by atoms with van der Waals surface area (Å²) in [4.78, 5) is 10.5. The third kappa shape index (κ3) is 3.69. The van der Waals surface area contributed by atoms with E-state index in [1.165, 1.54) is 0 Å². The molecular formula is C12H15Cl2NO. The maximum absolute atomic E-state index is 10.5. The van der Waals surface area contributed by atoms with E-state index in [1.807, 2.05) is 6.07 Å². The number of carbonyl (C=O) groups excluding carboxylic acids is 1. The molecule has 2 nitrogen and oxygen atoms in total. The van der Waals surface area contributed by atoms with Gasteiger partial charge in [0, 0.05) is 10.0 Å². The molecule has 88 valence electrons. The SMILES string of the molecule is CCCC[C@@H](NC=O)c1ccc(Cl)cc1Cl. The highest BCUT2D eigenvalue weighted by atomic mass is 35.5. The summed E-state index contributed by atoms with van der Waals surface area (Å²) in [5.74, 6) is 0. The fourth-order valence-corrected chi connectivity index (χ4v) is 2.14. The molecule has 1 aromatic carbocycles. The molecule has 1 atom stereocenters. The molecule has 1 aromatic rings. The van der Waals surface area contributed by atoms with E-state index in [9.17, 15) is 4.79 Å². The Morgan fingerprint density at radius 1 is 1.44 bits per heavy atom. The molecule has 1 amide bonds. The Bertz CT molecular complexity index is 355. The summed E-state index contributed by atoms with van der Waals surface area (Å²) in [5, 5.41) is 3.99. The second-order valence-corrected chi connectivity index (χ2v) is 4.49. The van der Waals surface area contributed by atoms with Crippen LogP contribution in [0.1, 0.15) is 37.8 Å². The number of hydrogen-bond acceptors (Lipinski definition) is 1. The van der Waals surface area contributed by atoms with Crippen molar-refractivity contribution in [1.82, 2.24) is 5.32 Å². The Labute approximate surface area is 106 Å². The summed E-state index contributed by atoms with van der Waals surface area (Å²) in [6, 6.07) is 5.32. The zero-order valence-corrected chi connectivity index (χ0v) is 10.7. The van der Waals surface area contributed by atoms with Crippen molar-refractivity contribution in [1.29, 1.82) is 0 Å². The lowest BCUT2D eigenvalue weighted by Gasteiger charge is -2.17. The normalized spacial score (nSPS) is 12.2. The Kier molecular flexibility index (Phi) is 5.64. The minimum absolute atomic E-state index is 0.0257. The van der Waals surface area contributed by atoms with Gasteiger partial charge in [0.2, 0.25) is 6.41 Å². The van der Waals surface area contributed by atoms with E-state index in [0.717, 1.165) is 24.8 Å². The van der Waals surface area contributed by atoms with Gasteiger partial charge in [0.1, 0.15) is 0 Å². The van der Waals surface area contributed by atoms with E-state index in [1.54, 1.807) is 12.1 Å². The summed E-state index contributed by atoms with van der Waals surface area (Å²) in [7, 11) is 0. The number of unbranched alkanes of at least 4 members (excludes halogenated alkanes) is 1. The van der Waals surface area contributed by atoms with Crippen LogP contribution in [0.4, 0.5) is 0 Å². The number of nitrogens with one attached hydrogen (secondary N) is 1. The largest absolute Gasteiger partial charge is 0.352 e. The predicted octanol–water partition coefficient (Wildman–Crippen LogP) is 3.97. The van der Waals surface area contributed by atoms with Gasteiger partial charge in [-0.1, -0.05) is 49.0 Å². The molecule has 0 aliphatic carbocycles. The van der Waals surface area contributed by atoms with Gasteiger partial charge >= 0.3 is 0 Å². The van der Waals surface area contributed by atoms with E-state index >= 15 is 0 Å². The number of hydrogen-bond donors (Lipinski definition) is 1. The topological polar surface area (TPSA) is 29.1 Å². The Morgan fingerprint density at radius 2 is 2.19 bits per heavy atom. The number of amides is 1. The Hall–Kier alpha value is -0.730. The minimum atomic E-state index is -0.0257. The average Bonchev–Trinajstić information content (AvgIpc) is 2.25. The van der Waals surface area contributed by atoms with Gasteiger partial charge < -0.3 is 5.32 Å². The van der Waals surface area contributed by atoms with Crippen molar-refractivity contribution in [3.05, 3.63) is 33.8 Å². The van der Waals surface area contributed by atoms with Gasteiger partial charge in [0.25, 0.3) is 0 Å². The Morgan fingerprint density at radius 3 is 2.75 bits per heavy atom. The van der Waals surface area contributed by atoms with Crippen molar-refractivity contribution in [2.24, 2.45) is 0 Å². The molecule has 0 saturated carbocycles. The third-order valence-corrected chi connectivity index (χ3v) is 3.02. The van der Waals surface area contributed by atoms with Crippen LogP contribution in [-0.2, 0) is 4.79 Å². The fourth-order valence-electron chi connectivity index (χ4n) is 1.60. The first-order valence-corrected chi connectivity index (χ1v) is 6.09. The van der Waals surface area contributed by atoms with Crippen LogP contribution >= 0.6 is 23.2 Å². The van der Waals surface area contributed by atoms with Crippen molar-refractivity contribution < 1.29 is 4.79 Å². The lowest BCUT2D eigenvalue weighted by atomic mass is 10.0. The van der Waals surface area contributed by atoms with Gasteiger partial charge in [-0.05, 0) is 24.1 Å². The van der Waals surface area contributed by atoms with Crippen LogP contribution < -0.4 is 5.32 Å². The summed E-state index contributed by atoms with van der Waals surface area (Å²) in [6.07, 6.45) is 3.73. The standard InChI is InChI=1S/C12H15Cl2NO/c1-2-3-4-12(15-8-16)10-6-5-9(13)7-11(10)14/h5-8,12H,2-4H2,1H3,(H,15,16)/t12-/m1/s1. The summed E-state index contributed by atoms with van der Waals surface area (Å²) >= 11 is 11.9. The maximum Gasteiger partial charge on any atom is 0.207 e. The van der Waals surface area contributed by atoms with E-state index in [4.69, 9.17) is 23.2 Å². The lowest BCUT2D eigenvalue weighted by molar-refractivity contribution is -0.110. The highest BCUT2D eigenvalue weighted by molar-refractivity contribution is 6.35. The highest BCUT2D eigenvalue weighted by Gasteiger charge is 2.13. The Balaban J connectivity index is 2.86. The van der Waals surface area contributed by atoms with Crippen LogP contribution in [0.5, 0.6) is 0 Å². The van der Waals surface area contributed by atoms with Crippen LogP contribution in [0.25, 0.3) is 0 Å². The van der Waals surface area contributed by atoms with Crippen molar-refractivity contribution in [3.63, 3.8) is 0 Å². The lowest BCUT2D eigenvalue weighted by Crippen LogP contribution is -2.19. The molecule has 0 aliphatic rings. The number of benzene rings is 1. The molecule has 0 unspecified atom stereocenters. The molecule has 16 heavy (non-hydrogen) atoms. The molecule has 0 radical (unpaired) electrons. The highest BCUT2D eigenvalue weighted by Crippen LogP contribution is 2.28. The van der Waals surface area contributed by atoms with E-state index < -0.39 is 0 Å². The van der Waals surface area contributed by atoms with Crippen LogP contribution in [0.15, 0.2) is 18.2 Å². The van der Waals surface area contributed by atoms with Gasteiger partial charge in [-0.25, -0.2) is 0 Å². The maximum atomic E-state index is 10.5. The molecule has 4 heteroatoms. The third-order valence-electron chi connectivity index (χ3n) is 2.45. The monoisotopic (exact) mass is 259 g/mol. The van der Waals surface area contributed by atoms with E-state index in [2.05, 4.69) is 12.2 Å². The molecule has 0 heterocycles. The second kappa shape index (κ2) is 6.77. The predicted molar refractivity (Wildman–Crippen MR) is 67.9 cm³/mol. The first-order valence-electron chi connectivity index (χ1n) is 5.33. The average molecular weight is 260 g/mol. The number of carbonyl (C=O) groups is 1. The zero-order valence-electron chi connectivity index (χ0n) is 9.17. The molecule has 0 aliphatic heterocycles. The van der Waals surface area contributed by atoms with Crippen LogP contribution in [-0.4, -0.2) is 6.41 Å². The summed E-state index contributed by atoms with van der Waals surface area (Å²) in [6.45, 7) is 2.11. The van der Waals surface area contributed by atoms with E-state index in [-0.39, 0.29) is 6.04 Å². The van der Waals surface area contributed by atoms with Gasteiger partial charge in [-0.15, -0.1) is 0 Å². The first-order chi connectivity index (χ1) is 7.69. The second-order valence-electron chi connectivity index (χ2n) is 3.65. The van der Waals surface area contributed by atoms with Crippen LogP contribution in [0.2, 0.25) is 10.0 Å². The number of rotatable bonds is 6. The van der Waals surface area contributed by atoms with Crippen LogP contribution in [0.3, 0.4) is 0 Å². The molecule has 0 aromatic heterocycles. The number of halogens is 2. The van der Waals surface area contributed by atoms with Gasteiger partial charge in [0.15, 0.2) is 0 Å². The van der Waals surface area contributed by atoms with Crippen molar-refractivity contribution in [3.8, 4) is 0 Å². The van der Waals surface area contributed by atoms with E-state index in [0.29, 0.717) is 16.5 Å². The van der Waals surface area contributed by atoms with Crippen molar-refractivity contribution >= 4 is 29.6 Å². The minimum Gasteiger partial charge on any atom is -0.352 e. The molecule has 0 fully saturated rings. The summed E-state index contributed by atoms with van der Waals surface area (Å²) < 4.78 is 0. The van der Waals surface area contributed by atoms with Crippen LogP contribution in [0, 0.1) is 0 Å². The molecular weight excluding hydrogens is 245 g/mol. The van der Waals surface area contributed by atoms with Gasteiger partial charge in [0.05, 0.1) is 6.04 Å². The van der Waals surface area contributed by atoms with Gasteiger partial charge in [-0.2, -0.15) is 0 Å². The first kappa shape index (κ1) is 13.3. The smallest absolute Gasteiger partial charge is 0.207 e. The molecule has 1 N–H and O–H groups in total. The quantitative estimate of drug-likeness (QED) is 0.770. The van der Waals surface area contributed by atoms with Crippen molar-refractivity contribution in [2.75, 3.05) is 0 Å². The molecule has 0 spiro atoms. The van der Waals surface area contributed by atoms with Crippen molar-refractivity contribution in [2.45, 2.75) is 32.2 Å². The zero-order chi connectivity index (χ0) is 12.0. The summed E-state index contributed by atoms with van der Waals surface area (Å²) in [5.41, 5.74) is 0.923. The fraction of sp³-hybridized carbons (Fsp3) is 0.417. The molecule has 0 saturated heterocycles. The molecule has 1 rings (SSSR count). The van der Waals surface area contributed by atoms with Gasteiger partial charge in [-0.3, -0.25) is 4.79 Å².